The lowest BCUT2D eigenvalue weighted by Gasteiger charge is -2.16. The van der Waals surface area contributed by atoms with Crippen LogP contribution < -0.4 is 9.47 Å². The van der Waals surface area contributed by atoms with Gasteiger partial charge in [0, 0.05) is 11.1 Å². The number of hydrogen-bond acceptors (Lipinski definition) is 4. The van der Waals surface area contributed by atoms with Crippen molar-refractivity contribution in [2.45, 2.75) is 13.0 Å². The Balaban J connectivity index is 2.23. The summed E-state index contributed by atoms with van der Waals surface area (Å²) in [5.74, 6) is 1.28. The summed E-state index contributed by atoms with van der Waals surface area (Å²) < 4.78 is 10.7. The largest absolute Gasteiger partial charge is 0.493 e. The first-order valence-corrected chi connectivity index (χ1v) is 7.40. The van der Waals surface area contributed by atoms with Crippen LogP contribution in [0.4, 0.5) is 0 Å². The van der Waals surface area contributed by atoms with Crippen molar-refractivity contribution in [3.63, 3.8) is 0 Å². The van der Waals surface area contributed by atoms with Crippen LogP contribution in [0.1, 0.15) is 23.1 Å². The van der Waals surface area contributed by atoms with E-state index < -0.39 is 6.10 Å². The molecule has 0 aliphatic heterocycles. The number of rotatable bonds is 4. The Hall–Kier alpha value is -2.59. The molecule has 0 unspecified atom stereocenters. The van der Waals surface area contributed by atoms with E-state index in [0.29, 0.717) is 17.2 Å². The molecule has 0 aliphatic rings. The number of benzene rings is 2. The molecule has 4 nitrogen and oxygen atoms in total. The first-order chi connectivity index (χ1) is 11.1. The van der Waals surface area contributed by atoms with Gasteiger partial charge in [0.15, 0.2) is 11.5 Å². The SMILES string of the molecule is COc1cc2cc(C)nc([C@@H](O)c3ccccc3)c2cc1OC. The average Bonchev–Trinajstić information content (AvgIpc) is 2.59. The van der Waals surface area contributed by atoms with E-state index in [2.05, 4.69) is 4.98 Å². The minimum absolute atomic E-state index is 0.618. The maximum Gasteiger partial charge on any atom is 0.161 e. The number of nitrogens with zero attached hydrogens (tertiary/aromatic N) is 1. The lowest BCUT2D eigenvalue weighted by atomic mass is 9.99. The van der Waals surface area contributed by atoms with Crippen LogP contribution in [-0.4, -0.2) is 24.3 Å². The predicted molar refractivity (Wildman–Crippen MR) is 90.1 cm³/mol. The van der Waals surface area contributed by atoms with Crippen molar-refractivity contribution in [1.82, 2.24) is 4.98 Å². The Morgan fingerprint density at radius 1 is 0.957 bits per heavy atom. The smallest absolute Gasteiger partial charge is 0.161 e. The second kappa shape index (κ2) is 6.26. The van der Waals surface area contributed by atoms with Crippen molar-refractivity contribution in [2.24, 2.45) is 0 Å². The van der Waals surface area contributed by atoms with Gasteiger partial charge in [-0.15, -0.1) is 0 Å². The van der Waals surface area contributed by atoms with E-state index >= 15 is 0 Å². The molecule has 0 spiro atoms. The number of fused-ring (bicyclic) bond motifs is 1. The van der Waals surface area contributed by atoms with Crippen LogP contribution in [0.3, 0.4) is 0 Å². The van der Waals surface area contributed by atoms with Crippen LogP contribution in [-0.2, 0) is 0 Å². The van der Waals surface area contributed by atoms with E-state index in [9.17, 15) is 5.11 Å². The molecule has 0 saturated carbocycles. The van der Waals surface area contributed by atoms with Crippen LogP contribution in [0.2, 0.25) is 0 Å². The second-order valence-corrected chi connectivity index (χ2v) is 5.39. The number of aromatic nitrogens is 1. The lowest BCUT2D eigenvalue weighted by molar-refractivity contribution is 0.217. The van der Waals surface area contributed by atoms with Crippen LogP contribution in [0.25, 0.3) is 10.8 Å². The summed E-state index contributed by atoms with van der Waals surface area (Å²) in [6, 6.07) is 15.2. The zero-order valence-corrected chi connectivity index (χ0v) is 13.4. The van der Waals surface area contributed by atoms with Gasteiger partial charge in [-0.05, 0) is 36.1 Å². The number of ether oxygens (including phenoxy) is 2. The van der Waals surface area contributed by atoms with E-state index in [1.165, 1.54) is 0 Å². The van der Waals surface area contributed by atoms with Crippen molar-refractivity contribution in [1.29, 1.82) is 0 Å². The molecule has 0 bridgehead atoms. The van der Waals surface area contributed by atoms with Gasteiger partial charge in [0.05, 0.1) is 19.9 Å². The van der Waals surface area contributed by atoms with Gasteiger partial charge in [0.1, 0.15) is 6.10 Å². The summed E-state index contributed by atoms with van der Waals surface area (Å²) in [4.78, 5) is 4.56. The molecule has 0 saturated heterocycles. The minimum atomic E-state index is -0.795. The number of aryl methyl sites for hydroxylation is 1. The summed E-state index contributed by atoms with van der Waals surface area (Å²) in [5, 5.41) is 12.6. The van der Waals surface area contributed by atoms with Gasteiger partial charge in [-0.2, -0.15) is 0 Å². The Morgan fingerprint density at radius 3 is 2.26 bits per heavy atom. The highest BCUT2D eigenvalue weighted by molar-refractivity contribution is 5.89. The van der Waals surface area contributed by atoms with E-state index in [1.807, 2.05) is 55.5 Å². The highest BCUT2D eigenvalue weighted by Gasteiger charge is 2.18. The molecule has 23 heavy (non-hydrogen) atoms. The van der Waals surface area contributed by atoms with Crippen molar-refractivity contribution < 1.29 is 14.6 Å². The maximum absolute atomic E-state index is 10.8. The topological polar surface area (TPSA) is 51.6 Å². The Morgan fingerprint density at radius 2 is 1.61 bits per heavy atom. The fourth-order valence-corrected chi connectivity index (χ4v) is 2.75. The molecule has 0 fully saturated rings. The van der Waals surface area contributed by atoms with Crippen molar-refractivity contribution in [3.8, 4) is 11.5 Å². The number of aliphatic hydroxyl groups excluding tert-OH is 1. The zero-order chi connectivity index (χ0) is 16.4. The second-order valence-electron chi connectivity index (χ2n) is 5.39. The first-order valence-electron chi connectivity index (χ1n) is 7.40. The highest BCUT2D eigenvalue weighted by Crippen LogP contribution is 2.36. The molecule has 118 valence electrons. The summed E-state index contributed by atoms with van der Waals surface area (Å²) in [6.45, 7) is 1.91. The van der Waals surface area contributed by atoms with Gasteiger partial charge in [0.25, 0.3) is 0 Å². The fraction of sp³-hybridized carbons (Fsp3) is 0.211. The normalized spacial score (nSPS) is 12.2. The quantitative estimate of drug-likeness (QED) is 0.799. The van der Waals surface area contributed by atoms with Crippen LogP contribution >= 0.6 is 0 Å². The third-order valence-corrected chi connectivity index (χ3v) is 3.87. The third kappa shape index (κ3) is 2.85. The van der Waals surface area contributed by atoms with E-state index in [4.69, 9.17) is 9.47 Å². The summed E-state index contributed by atoms with van der Waals surface area (Å²) in [6.07, 6.45) is -0.795. The van der Waals surface area contributed by atoms with Crippen LogP contribution in [0.5, 0.6) is 11.5 Å². The molecule has 1 N–H and O–H groups in total. The maximum atomic E-state index is 10.8. The van der Waals surface area contributed by atoms with Crippen molar-refractivity contribution >= 4 is 10.8 Å². The molecular weight excluding hydrogens is 290 g/mol. The van der Waals surface area contributed by atoms with Crippen molar-refractivity contribution in [2.75, 3.05) is 14.2 Å². The molecule has 2 aromatic carbocycles. The third-order valence-electron chi connectivity index (χ3n) is 3.87. The van der Waals surface area contributed by atoms with Crippen LogP contribution in [0.15, 0.2) is 48.5 Å². The van der Waals surface area contributed by atoms with Gasteiger partial charge >= 0.3 is 0 Å². The average molecular weight is 309 g/mol. The monoisotopic (exact) mass is 309 g/mol. The summed E-state index contributed by atoms with van der Waals surface area (Å²) >= 11 is 0. The Kier molecular flexibility index (Phi) is 4.17. The zero-order valence-electron chi connectivity index (χ0n) is 13.4. The number of pyridine rings is 1. The molecule has 1 heterocycles. The standard InChI is InChI=1S/C19H19NO3/c1-12-9-14-10-16(22-2)17(23-3)11-15(14)18(20-12)19(21)13-7-5-4-6-8-13/h4-11,19,21H,1-3H3/t19-/m0/s1. The minimum Gasteiger partial charge on any atom is -0.493 e. The first kappa shape index (κ1) is 15.3. The molecule has 1 atom stereocenters. The molecule has 3 aromatic rings. The fourth-order valence-electron chi connectivity index (χ4n) is 2.75. The van der Waals surface area contributed by atoms with Crippen LogP contribution in [0, 0.1) is 6.92 Å². The summed E-state index contributed by atoms with van der Waals surface area (Å²) in [7, 11) is 3.20. The Bertz CT molecular complexity index is 831. The predicted octanol–water partition coefficient (Wildman–Crippen LogP) is 3.64. The van der Waals surface area contributed by atoms with Gasteiger partial charge in [-0.1, -0.05) is 30.3 Å². The van der Waals surface area contributed by atoms with E-state index in [0.717, 1.165) is 22.0 Å². The van der Waals surface area contributed by atoms with Gasteiger partial charge in [-0.25, -0.2) is 0 Å². The molecule has 0 aliphatic carbocycles. The molecule has 0 radical (unpaired) electrons. The molecule has 3 rings (SSSR count). The van der Waals surface area contributed by atoms with E-state index in [1.54, 1.807) is 14.2 Å². The molecule has 4 heteroatoms. The van der Waals surface area contributed by atoms with E-state index in [-0.39, 0.29) is 0 Å². The molecule has 1 aromatic heterocycles. The number of aliphatic hydroxyl groups is 1. The highest BCUT2D eigenvalue weighted by atomic mass is 16.5. The van der Waals surface area contributed by atoms with Gasteiger partial charge in [-0.3, -0.25) is 4.98 Å². The Labute approximate surface area is 135 Å². The molecular formula is C19H19NO3. The van der Waals surface area contributed by atoms with Gasteiger partial charge < -0.3 is 14.6 Å². The number of hydrogen-bond donors (Lipinski definition) is 1. The van der Waals surface area contributed by atoms with Gasteiger partial charge in [0.2, 0.25) is 0 Å². The molecule has 0 amide bonds. The summed E-state index contributed by atoms with van der Waals surface area (Å²) in [5.41, 5.74) is 2.27. The van der Waals surface area contributed by atoms with Crippen molar-refractivity contribution in [3.05, 3.63) is 65.5 Å². The number of methoxy groups -OCH3 is 2. The lowest BCUT2D eigenvalue weighted by Crippen LogP contribution is -2.05.